The van der Waals surface area contributed by atoms with E-state index in [4.69, 9.17) is 23.2 Å². The van der Waals surface area contributed by atoms with Gasteiger partial charge in [0.25, 0.3) is 5.91 Å². The number of rotatable bonds is 3. The first kappa shape index (κ1) is 11.8. The number of hydrogen-bond acceptors (Lipinski definition) is 2. The zero-order chi connectivity index (χ0) is 10.7. The Bertz CT molecular complexity index is 326. The van der Waals surface area contributed by atoms with Crippen molar-refractivity contribution in [1.82, 2.24) is 4.90 Å². The van der Waals surface area contributed by atoms with Crippen LogP contribution in [0, 0.1) is 0 Å². The fourth-order valence-corrected chi connectivity index (χ4v) is 2.24. The lowest BCUT2D eigenvalue weighted by molar-refractivity contribution is 0.0762. The standard InChI is InChI=1S/C9H11Cl2NOS/c1-6(5-10)12(2)9(13)8-7(11)3-4-14-8/h3-4,6H,5H2,1-2H3. The SMILES string of the molecule is CC(CCl)N(C)C(=O)c1sccc1Cl. The largest absolute Gasteiger partial charge is 0.337 e. The van der Waals surface area contributed by atoms with Gasteiger partial charge in [-0.05, 0) is 18.4 Å². The van der Waals surface area contributed by atoms with Crippen LogP contribution in [-0.4, -0.2) is 29.8 Å². The van der Waals surface area contributed by atoms with Crippen molar-refractivity contribution in [2.24, 2.45) is 0 Å². The van der Waals surface area contributed by atoms with E-state index in [0.29, 0.717) is 15.8 Å². The number of halogens is 2. The molecule has 5 heteroatoms. The van der Waals surface area contributed by atoms with Crippen molar-refractivity contribution in [2.45, 2.75) is 13.0 Å². The first-order valence-electron chi connectivity index (χ1n) is 4.14. The van der Waals surface area contributed by atoms with Gasteiger partial charge in [-0.3, -0.25) is 4.79 Å². The Morgan fingerprint density at radius 3 is 2.79 bits per heavy atom. The molecule has 0 saturated heterocycles. The van der Waals surface area contributed by atoms with Crippen molar-refractivity contribution in [3.8, 4) is 0 Å². The Morgan fingerprint density at radius 1 is 1.71 bits per heavy atom. The normalized spacial score (nSPS) is 12.6. The van der Waals surface area contributed by atoms with Gasteiger partial charge in [0.2, 0.25) is 0 Å². The van der Waals surface area contributed by atoms with Crippen molar-refractivity contribution in [3.05, 3.63) is 21.3 Å². The third-order valence-electron chi connectivity index (χ3n) is 2.02. The molecule has 0 N–H and O–H groups in total. The van der Waals surface area contributed by atoms with Gasteiger partial charge in [-0.25, -0.2) is 0 Å². The fraction of sp³-hybridized carbons (Fsp3) is 0.444. The maximum Gasteiger partial charge on any atom is 0.265 e. The quantitative estimate of drug-likeness (QED) is 0.757. The van der Waals surface area contributed by atoms with Crippen LogP contribution >= 0.6 is 34.5 Å². The molecule has 0 saturated carbocycles. The molecule has 2 nitrogen and oxygen atoms in total. The molecule has 1 aromatic rings. The van der Waals surface area contributed by atoms with E-state index in [2.05, 4.69) is 0 Å². The maximum absolute atomic E-state index is 11.8. The second-order valence-electron chi connectivity index (χ2n) is 3.02. The molecule has 1 heterocycles. The van der Waals surface area contributed by atoms with Crippen LogP contribution in [0.3, 0.4) is 0 Å². The van der Waals surface area contributed by atoms with E-state index in [-0.39, 0.29) is 11.9 Å². The summed E-state index contributed by atoms with van der Waals surface area (Å²) in [5.74, 6) is 0.351. The minimum Gasteiger partial charge on any atom is -0.337 e. The van der Waals surface area contributed by atoms with Crippen molar-refractivity contribution in [3.63, 3.8) is 0 Å². The van der Waals surface area contributed by atoms with Crippen LogP contribution in [0.4, 0.5) is 0 Å². The predicted octanol–water partition coefficient (Wildman–Crippen LogP) is 3.10. The Hall–Kier alpha value is -0.250. The highest BCUT2D eigenvalue weighted by Gasteiger charge is 2.19. The zero-order valence-corrected chi connectivity index (χ0v) is 10.3. The summed E-state index contributed by atoms with van der Waals surface area (Å²) in [5, 5.41) is 2.31. The highest BCUT2D eigenvalue weighted by Crippen LogP contribution is 2.23. The Labute approximate surface area is 97.4 Å². The molecule has 0 aliphatic heterocycles. The fourth-order valence-electron chi connectivity index (χ4n) is 0.910. The summed E-state index contributed by atoms with van der Waals surface area (Å²) in [6.45, 7) is 1.90. The summed E-state index contributed by atoms with van der Waals surface area (Å²) in [7, 11) is 1.73. The highest BCUT2D eigenvalue weighted by atomic mass is 35.5. The number of thiophene rings is 1. The van der Waals surface area contributed by atoms with Gasteiger partial charge < -0.3 is 4.90 Å². The number of carbonyl (C=O) groups is 1. The van der Waals surface area contributed by atoms with Crippen LogP contribution in [0.15, 0.2) is 11.4 Å². The number of carbonyl (C=O) groups excluding carboxylic acids is 1. The number of amides is 1. The van der Waals surface area contributed by atoms with E-state index in [1.807, 2.05) is 6.92 Å². The molecule has 0 aromatic carbocycles. The third-order valence-corrected chi connectivity index (χ3v) is 3.79. The van der Waals surface area contributed by atoms with Gasteiger partial charge in [0.1, 0.15) is 4.88 Å². The first-order chi connectivity index (χ1) is 6.57. The summed E-state index contributed by atoms with van der Waals surface area (Å²) in [5.41, 5.74) is 0. The van der Waals surface area contributed by atoms with Gasteiger partial charge in [0, 0.05) is 19.0 Å². The monoisotopic (exact) mass is 251 g/mol. The Morgan fingerprint density at radius 2 is 2.36 bits per heavy atom. The summed E-state index contributed by atoms with van der Waals surface area (Å²) in [6, 6.07) is 1.74. The molecule has 78 valence electrons. The highest BCUT2D eigenvalue weighted by molar-refractivity contribution is 7.12. The molecule has 1 atom stereocenters. The molecule has 0 spiro atoms. The average Bonchev–Trinajstić information content (AvgIpc) is 2.61. The van der Waals surface area contributed by atoms with E-state index in [0.717, 1.165) is 0 Å². The van der Waals surface area contributed by atoms with Gasteiger partial charge in [-0.1, -0.05) is 11.6 Å². The van der Waals surface area contributed by atoms with Gasteiger partial charge >= 0.3 is 0 Å². The van der Waals surface area contributed by atoms with E-state index in [9.17, 15) is 4.79 Å². The molecule has 0 fully saturated rings. The van der Waals surface area contributed by atoms with E-state index in [1.54, 1.807) is 23.4 Å². The molecule has 0 aliphatic rings. The smallest absolute Gasteiger partial charge is 0.265 e. The molecular weight excluding hydrogens is 241 g/mol. The number of alkyl halides is 1. The van der Waals surface area contributed by atoms with Crippen LogP contribution in [0.5, 0.6) is 0 Å². The van der Waals surface area contributed by atoms with Crippen LogP contribution in [0.2, 0.25) is 5.02 Å². The van der Waals surface area contributed by atoms with Crippen LogP contribution in [0.25, 0.3) is 0 Å². The second kappa shape index (κ2) is 5.01. The van der Waals surface area contributed by atoms with E-state index < -0.39 is 0 Å². The van der Waals surface area contributed by atoms with Gasteiger partial charge in [0.15, 0.2) is 0 Å². The average molecular weight is 252 g/mol. The molecule has 0 radical (unpaired) electrons. The van der Waals surface area contributed by atoms with Crippen molar-refractivity contribution in [1.29, 1.82) is 0 Å². The molecule has 1 rings (SSSR count). The minimum atomic E-state index is -0.0712. The van der Waals surface area contributed by atoms with E-state index in [1.165, 1.54) is 11.3 Å². The van der Waals surface area contributed by atoms with Crippen molar-refractivity contribution < 1.29 is 4.79 Å². The number of hydrogen-bond donors (Lipinski definition) is 0. The van der Waals surface area contributed by atoms with Crippen LogP contribution in [-0.2, 0) is 0 Å². The maximum atomic E-state index is 11.8. The minimum absolute atomic E-state index is 0.0160. The van der Waals surface area contributed by atoms with Crippen LogP contribution < -0.4 is 0 Å². The summed E-state index contributed by atoms with van der Waals surface area (Å²) < 4.78 is 0. The van der Waals surface area contributed by atoms with Gasteiger partial charge in [-0.15, -0.1) is 22.9 Å². The van der Waals surface area contributed by atoms with Crippen molar-refractivity contribution in [2.75, 3.05) is 12.9 Å². The first-order valence-corrected chi connectivity index (χ1v) is 5.93. The third kappa shape index (κ3) is 2.41. The second-order valence-corrected chi connectivity index (χ2v) is 4.65. The lowest BCUT2D eigenvalue weighted by atomic mass is 10.3. The van der Waals surface area contributed by atoms with Crippen molar-refractivity contribution >= 4 is 40.4 Å². The predicted molar refractivity (Wildman–Crippen MR) is 61.6 cm³/mol. The lowest BCUT2D eigenvalue weighted by Gasteiger charge is -2.22. The topological polar surface area (TPSA) is 20.3 Å². The summed E-state index contributed by atoms with van der Waals surface area (Å²) in [4.78, 5) is 14.0. The number of nitrogens with zero attached hydrogens (tertiary/aromatic N) is 1. The molecule has 1 aromatic heterocycles. The zero-order valence-electron chi connectivity index (χ0n) is 7.96. The Kier molecular flexibility index (Phi) is 4.23. The summed E-state index contributed by atoms with van der Waals surface area (Å²) >= 11 is 12.9. The lowest BCUT2D eigenvalue weighted by Crippen LogP contribution is -2.35. The van der Waals surface area contributed by atoms with E-state index >= 15 is 0 Å². The molecule has 0 aliphatic carbocycles. The molecule has 1 unspecified atom stereocenters. The molecule has 0 bridgehead atoms. The summed E-state index contributed by atoms with van der Waals surface area (Å²) in [6.07, 6.45) is 0. The van der Waals surface area contributed by atoms with Crippen LogP contribution in [0.1, 0.15) is 16.6 Å². The Balaban J connectivity index is 2.81. The van der Waals surface area contributed by atoms with Gasteiger partial charge in [0.05, 0.1) is 5.02 Å². The molecule has 14 heavy (non-hydrogen) atoms. The molecular formula is C9H11Cl2NOS. The molecule has 1 amide bonds. The van der Waals surface area contributed by atoms with Gasteiger partial charge in [-0.2, -0.15) is 0 Å².